The number of piperidine rings is 1. The molecule has 0 spiro atoms. The Labute approximate surface area is 153 Å². The van der Waals surface area contributed by atoms with Crippen LogP contribution in [0.1, 0.15) is 33.1 Å². The molecule has 1 amide bonds. The largest absolute Gasteiger partial charge is 0.356 e. The van der Waals surface area contributed by atoms with Gasteiger partial charge in [0.15, 0.2) is 5.82 Å². The fourth-order valence-electron chi connectivity index (χ4n) is 3.13. The van der Waals surface area contributed by atoms with Crippen molar-refractivity contribution in [3.63, 3.8) is 0 Å². The first-order chi connectivity index (χ1) is 12.6. The number of carbonyl (C=O) groups excluding carboxylic acids is 1. The third kappa shape index (κ3) is 4.36. The third-order valence-electron chi connectivity index (χ3n) is 4.86. The Morgan fingerprint density at radius 1 is 1.35 bits per heavy atom. The highest BCUT2D eigenvalue weighted by Gasteiger charge is 2.27. The van der Waals surface area contributed by atoms with Gasteiger partial charge < -0.3 is 10.2 Å². The van der Waals surface area contributed by atoms with Crippen LogP contribution in [-0.4, -0.2) is 35.0 Å². The second-order valence-corrected chi connectivity index (χ2v) is 6.85. The molecule has 1 aliphatic heterocycles. The number of rotatable bonds is 5. The molecule has 0 aliphatic carbocycles. The van der Waals surface area contributed by atoms with Crippen molar-refractivity contribution in [2.24, 2.45) is 5.92 Å². The Bertz CT molecular complexity index is 750. The lowest BCUT2D eigenvalue weighted by atomic mass is 9.96. The Morgan fingerprint density at radius 2 is 2.12 bits per heavy atom. The maximum atomic E-state index is 13.1. The van der Waals surface area contributed by atoms with Gasteiger partial charge in [-0.15, -0.1) is 0 Å². The molecule has 0 unspecified atom stereocenters. The number of carbonyl (C=O) groups is 1. The molecule has 6 heteroatoms. The summed E-state index contributed by atoms with van der Waals surface area (Å²) in [6.07, 6.45) is 4.49. The Hall–Kier alpha value is -2.50. The van der Waals surface area contributed by atoms with Crippen molar-refractivity contribution in [3.8, 4) is 11.4 Å². The molecule has 1 aliphatic rings. The molecule has 5 nitrogen and oxygen atoms in total. The quantitative estimate of drug-likeness (QED) is 0.892. The highest BCUT2D eigenvalue weighted by atomic mass is 19.1. The minimum Gasteiger partial charge on any atom is -0.356 e. The minimum absolute atomic E-state index is 0.0259. The lowest BCUT2D eigenvalue weighted by molar-refractivity contribution is -0.125. The summed E-state index contributed by atoms with van der Waals surface area (Å²) in [6.45, 7) is 5.61. The van der Waals surface area contributed by atoms with Crippen molar-refractivity contribution in [1.29, 1.82) is 0 Å². The van der Waals surface area contributed by atoms with Crippen LogP contribution in [0.3, 0.4) is 0 Å². The van der Waals surface area contributed by atoms with Crippen molar-refractivity contribution in [2.45, 2.75) is 39.2 Å². The standard InChI is InChI=1S/C20H25FN4O/c1-3-14(2)23-20(26)16-5-4-12-25(13-16)18-10-11-22-19(24-18)15-6-8-17(21)9-7-15/h6-11,14,16H,3-5,12-13H2,1-2H3,(H,23,26)/t14-,16-/m0/s1. The Balaban J connectivity index is 1.73. The molecule has 1 N–H and O–H groups in total. The number of amides is 1. The molecule has 2 aromatic rings. The first-order valence-corrected chi connectivity index (χ1v) is 9.21. The predicted molar refractivity (Wildman–Crippen MR) is 100 cm³/mol. The van der Waals surface area contributed by atoms with E-state index in [-0.39, 0.29) is 23.7 Å². The van der Waals surface area contributed by atoms with Crippen molar-refractivity contribution >= 4 is 11.7 Å². The fourth-order valence-corrected chi connectivity index (χ4v) is 3.13. The lowest BCUT2D eigenvalue weighted by Gasteiger charge is -2.33. The molecule has 0 bridgehead atoms. The molecule has 1 saturated heterocycles. The molecular weight excluding hydrogens is 331 g/mol. The maximum absolute atomic E-state index is 13.1. The zero-order chi connectivity index (χ0) is 18.5. The molecule has 3 rings (SSSR count). The SMILES string of the molecule is CC[C@H](C)NC(=O)[C@H]1CCCN(c2ccnc(-c3ccc(F)cc3)n2)C1. The number of nitrogens with one attached hydrogen (secondary N) is 1. The summed E-state index contributed by atoms with van der Waals surface area (Å²) in [6, 6.07) is 8.22. The second kappa shape index (κ2) is 8.25. The van der Waals surface area contributed by atoms with E-state index in [2.05, 4.69) is 27.1 Å². The smallest absolute Gasteiger partial charge is 0.225 e. The van der Waals surface area contributed by atoms with Crippen LogP contribution in [0.15, 0.2) is 36.5 Å². The number of aromatic nitrogens is 2. The van der Waals surface area contributed by atoms with Gasteiger partial charge >= 0.3 is 0 Å². The van der Waals surface area contributed by atoms with E-state index in [4.69, 9.17) is 0 Å². The van der Waals surface area contributed by atoms with Gasteiger partial charge in [0.25, 0.3) is 0 Å². The normalized spacial score (nSPS) is 18.4. The van der Waals surface area contributed by atoms with Gasteiger partial charge in [-0.2, -0.15) is 0 Å². The lowest BCUT2D eigenvalue weighted by Crippen LogP contribution is -2.45. The van der Waals surface area contributed by atoms with Crippen molar-refractivity contribution in [1.82, 2.24) is 15.3 Å². The van der Waals surface area contributed by atoms with Gasteiger partial charge in [-0.3, -0.25) is 4.79 Å². The average Bonchev–Trinajstić information content (AvgIpc) is 2.68. The summed E-state index contributed by atoms with van der Waals surface area (Å²) in [5, 5.41) is 3.08. The monoisotopic (exact) mass is 356 g/mol. The highest BCUT2D eigenvalue weighted by Crippen LogP contribution is 2.24. The highest BCUT2D eigenvalue weighted by molar-refractivity contribution is 5.79. The van der Waals surface area contributed by atoms with Gasteiger partial charge in [-0.1, -0.05) is 6.92 Å². The van der Waals surface area contributed by atoms with Crippen LogP contribution in [0.5, 0.6) is 0 Å². The van der Waals surface area contributed by atoms with Crippen molar-refractivity contribution in [3.05, 3.63) is 42.3 Å². The van der Waals surface area contributed by atoms with Gasteiger partial charge in [0.1, 0.15) is 11.6 Å². The number of anilines is 1. The minimum atomic E-state index is -0.281. The fraction of sp³-hybridized carbons (Fsp3) is 0.450. The zero-order valence-electron chi connectivity index (χ0n) is 15.3. The Morgan fingerprint density at radius 3 is 2.85 bits per heavy atom. The summed E-state index contributed by atoms with van der Waals surface area (Å²) in [7, 11) is 0. The number of hydrogen-bond acceptors (Lipinski definition) is 4. The van der Waals surface area contributed by atoms with Crippen molar-refractivity contribution in [2.75, 3.05) is 18.0 Å². The Kier molecular flexibility index (Phi) is 5.81. The topological polar surface area (TPSA) is 58.1 Å². The van der Waals surface area contributed by atoms with Crippen LogP contribution in [0.2, 0.25) is 0 Å². The summed E-state index contributed by atoms with van der Waals surface area (Å²) in [5.74, 6) is 1.18. The molecule has 138 valence electrons. The van der Waals surface area contributed by atoms with E-state index in [1.807, 2.05) is 13.0 Å². The van der Waals surface area contributed by atoms with Gasteiger partial charge in [-0.05, 0) is 56.5 Å². The van der Waals surface area contributed by atoms with Crippen LogP contribution >= 0.6 is 0 Å². The van der Waals surface area contributed by atoms with E-state index >= 15 is 0 Å². The number of nitrogens with zero attached hydrogens (tertiary/aromatic N) is 3. The van der Waals surface area contributed by atoms with Crippen LogP contribution in [-0.2, 0) is 4.79 Å². The van der Waals surface area contributed by atoms with Crippen LogP contribution < -0.4 is 10.2 Å². The van der Waals surface area contributed by atoms with E-state index in [0.29, 0.717) is 12.4 Å². The first kappa shape index (κ1) is 18.3. The molecule has 2 atom stereocenters. The number of benzene rings is 1. The van der Waals surface area contributed by atoms with Crippen LogP contribution in [0.4, 0.5) is 10.2 Å². The van der Waals surface area contributed by atoms with Gasteiger partial charge in [0, 0.05) is 30.9 Å². The molecule has 1 aromatic heterocycles. The van der Waals surface area contributed by atoms with E-state index in [1.165, 1.54) is 12.1 Å². The number of hydrogen-bond donors (Lipinski definition) is 1. The maximum Gasteiger partial charge on any atom is 0.225 e. The van der Waals surface area contributed by atoms with Gasteiger partial charge in [-0.25, -0.2) is 14.4 Å². The summed E-state index contributed by atoms with van der Waals surface area (Å²) >= 11 is 0. The van der Waals surface area contributed by atoms with E-state index in [9.17, 15) is 9.18 Å². The molecular formula is C20H25FN4O. The second-order valence-electron chi connectivity index (χ2n) is 6.85. The summed E-state index contributed by atoms with van der Waals surface area (Å²) in [4.78, 5) is 23.5. The van der Waals surface area contributed by atoms with Gasteiger partial charge in [0.05, 0.1) is 5.92 Å². The van der Waals surface area contributed by atoms with E-state index in [1.54, 1.807) is 18.3 Å². The molecule has 1 aromatic carbocycles. The molecule has 1 fully saturated rings. The molecule has 2 heterocycles. The molecule has 0 saturated carbocycles. The zero-order valence-corrected chi connectivity index (χ0v) is 15.3. The van der Waals surface area contributed by atoms with Crippen LogP contribution in [0, 0.1) is 11.7 Å². The average molecular weight is 356 g/mol. The van der Waals surface area contributed by atoms with E-state index in [0.717, 1.165) is 37.2 Å². The molecule has 26 heavy (non-hydrogen) atoms. The van der Waals surface area contributed by atoms with Crippen molar-refractivity contribution < 1.29 is 9.18 Å². The summed E-state index contributed by atoms with van der Waals surface area (Å²) in [5.41, 5.74) is 0.774. The van der Waals surface area contributed by atoms with Crippen LogP contribution in [0.25, 0.3) is 11.4 Å². The van der Waals surface area contributed by atoms with Gasteiger partial charge in [0.2, 0.25) is 5.91 Å². The predicted octanol–water partition coefficient (Wildman–Crippen LogP) is 3.41. The molecule has 0 radical (unpaired) electrons. The van der Waals surface area contributed by atoms with E-state index < -0.39 is 0 Å². The third-order valence-corrected chi connectivity index (χ3v) is 4.86. The first-order valence-electron chi connectivity index (χ1n) is 9.21. The number of halogens is 1. The summed E-state index contributed by atoms with van der Waals surface area (Å²) < 4.78 is 13.1.